The Labute approximate surface area is 197 Å². The molecule has 0 unspecified atom stereocenters. The molecule has 7 nitrogen and oxygen atoms in total. The molecule has 2 aromatic carbocycles. The zero-order valence-corrected chi connectivity index (χ0v) is 19.8. The number of aryl methyl sites for hydroxylation is 1. The van der Waals surface area contributed by atoms with Crippen LogP contribution >= 0.6 is 23.2 Å². The van der Waals surface area contributed by atoms with Crippen molar-refractivity contribution < 1.29 is 22.7 Å². The van der Waals surface area contributed by atoms with Crippen LogP contribution in [-0.2, 0) is 19.5 Å². The predicted octanol–water partition coefficient (Wildman–Crippen LogP) is 4.33. The molecule has 1 N–H and O–H groups in total. The molecule has 0 aliphatic carbocycles. The van der Waals surface area contributed by atoms with E-state index in [0.29, 0.717) is 37.0 Å². The quantitative estimate of drug-likeness (QED) is 0.662. The maximum Gasteiger partial charge on any atom is 0.261 e. The molecule has 2 fully saturated rings. The van der Waals surface area contributed by atoms with E-state index in [0.717, 1.165) is 18.4 Å². The number of hydrogen-bond donors (Lipinski definition) is 1. The molecule has 0 saturated carbocycles. The highest BCUT2D eigenvalue weighted by molar-refractivity contribution is 7.92. The second-order valence-electron chi connectivity index (χ2n) is 7.95. The van der Waals surface area contributed by atoms with Gasteiger partial charge in [-0.3, -0.25) is 9.52 Å². The molecule has 2 aromatic rings. The summed E-state index contributed by atoms with van der Waals surface area (Å²) in [5, 5.41) is 0.658. The van der Waals surface area contributed by atoms with Gasteiger partial charge < -0.3 is 14.4 Å². The monoisotopic (exact) mass is 498 g/mol. The lowest BCUT2D eigenvalue weighted by Crippen LogP contribution is -2.41. The van der Waals surface area contributed by atoms with Crippen LogP contribution in [0.2, 0.25) is 10.0 Å². The van der Waals surface area contributed by atoms with Crippen molar-refractivity contribution in [3.8, 4) is 0 Å². The van der Waals surface area contributed by atoms with Crippen LogP contribution in [-0.4, -0.2) is 51.8 Å². The van der Waals surface area contributed by atoms with Gasteiger partial charge in [0.05, 0.1) is 34.4 Å². The van der Waals surface area contributed by atoms with Crippen molar-refractivity contribution in [1.29, 1.82) is 0 Å². The lowest BCUT2D eigenvalue weighted by molar-refractivity contribution is -0.0956. The minimum Gasteiger partial charge on any atom is -0.350 e. The average molecular weight is 499 g/mol. The third kappa shape index (κ3) is 5.05. The zero-order chi connectivity index (χ0) is 22.9. The molecule has 1 amide bonds. The van der Waals surface area contributed by atoms with Gasteiger partial charge in [0.15, 0.2) is 6.29 Å². The first-order chi connectivity index (χ1) is 15.2. The summed E-state index contributed by atoms with van der Waals surface area (Å²) in [6, 6.07) is 9.01. The summed E-state index contributed by atoms with van der Waals surface area (Å²) in [4.78, 5) is 14.8. The molecule has 0 atom stereocenters. The Morgan fingerprint density at radius 1 is 1.03 bits per heavy atom. The highest BCUT2D eigenvalue weighted by atomic mass is 35.5. The second kappa shape index (κ2) is 9.57. The molecule has 4 rings (SSSR count). The number of rotatable bonds is 5. The van der Waals surface area contributed by atoms with Crippen molar-refractivity contribution in [1.82, 2.24) is 4.90 Å². The van der Waals surface area contributed by atoms with E-state index in [1.807, 2.05) is 6.92 Å². The number of nitrogens with one attached hydrogen (secondary N) is 1. The van der Waals surface area contributed by atoms with Gasteiger partial charge >= 0.3 is 0 Å². The van der Waals surface area contributed by atoms with Crippen LogP contribution in [0.4, 0.5) is 5.69 Å². The first kappa shape index (κ1) is 23.3. The maximum absolute atomic E-state index is 13.1. The fraction of sp³-hybridized carbons (Fsp3) is 0.409. The lowest BCUT2D eigenvalue weighted by atomic mass is 9.95. The van der Waals surface area contributed by atoms with Crippen LogP contribution < -0.4 is 4.72 Å². The molecular formula is C22H24Cl2N2O5S. The van der Waals surface area contributed by atoms with Gasteiger partial charge in [-0.2, -0.15) is 0 Å². The van der Waals surface area contributed by atoms with Gasteiger partial charge in [0.25, 0.3) is 15.9 Å². The van der Waals surface area contributed by atoms with Crippen molar-refractivity contribution in [2.24, 2.45) is 5.92 Å². The molecule has 2 aliphatic rings. The highest BCUT2D eigenvalue weighted by Gasteiger charge is 2.32. The summed E-state index contributed by atoms with van der Waals surface area (Å²) >= 11 is 12.4. The number of hydrogen-bond acceptors (Lipinski definition) is 5. The van der Waals surface area contributed by atoms with E-state index in [4.69, 9.17) is 32.7 Å². The number of amides is 1. The molecule has 32 heavy (non-hydrogen) atoms. The molecule has 0 bridgehead atoms. The number of benzene rings is 2. The van der Waals surface area contributed by atoms with Crippen molar-refractivity contribution in [3.05, 3.63) is 57.6 Å². The lowest BCUT2D eigenvalue weighted by Gasteiger charge is -2.34. The SMILES string of the molecule is Cc1ccc(NS(=O)(=O)c2ccc(Cl)c(C(=O)N3CCC(C4OCCO4)CC3)c2)cc1Cl. The molecule has 2 aliphatic heterocycles. The first-order valence-corrected chi connectivity index (χ1v) is 12.6. The Morgan fingerprint density at radius 3 is 2.38 bits per heavy atom. The van der Waals surface area contributed by atoms with Crippen molar-refractivity contribution in [2.45, 2.75) is 31.0 Å². The van der Waals surface area contributed by atoms with E-state index in [9.17, 15) is 13.2 Å². The number of likely N-dealkylation sites (tertiary alicyclic amines) is 1. The third-order valence-corrected chi connectivity index (χ3v) is 7.88. The van der Waals surface area contributed by atoms with Gasteiger partial charge in [0.2, 0.25) is 0 Å². The van der Waals surface area contributed by atoms with Crippen LogP contribution in [0.25, 0.3) is 0 Å². The normalized spacial score (nSPS) is 18.2. The Hall–Kier alpha value is -1.84. The van der Waals surface area contributed by atoms with E-state index >= 15 is 0 Å². The van der Waals surface area contributed by atoms with Gasteiger partial charge in [-0.05, 0) is 55.7 Å². The summed E-state index contributed by atoms with van der Waals surface area (Å²) in [6.07, 6.45) is 1.30. The number of anilines is 1. The van der Waals surface area contributed by atoms with E-state index in [1.165, 1.54) is 18.2 Å². The number of ether oxygens (including phenoxy) is 2. The minimum absolute atomic E-state index is 0.0513. The molecular weight excluding hydrogens is 475 g/mol. The fourth-order valence-electron chi connectivity index (χ4n) is 3.90. The Kier molecular flexibility index (Phi) is 6.97. The zero-order valence-electron chi connectivity index (χ0n) is 17.5. The summed E-state index contributed by atoms with van der Waals surface area (Å²) in [7, 11) is -3.94. The summed E-state index contributed by atoms with van der Waals surface area (Å²) in [5.74, 6) is -0.0496. The summed E-state index contributed by atoms with van der Waals surface area (Å²) in [5.41, 5.74) is 1.33. The fourth-order valence-corrected chi connectivity index (χ4v) is 5.35. The molecule has 2 heterocycles. The van der Waals surface area contributed by atoms with Crippen molar-refractivity contribution in [2.75, 3.05) is 31.0 Å². The van der Waals surface area contributed by atoms with Gasteiger partial charge in [0.1, 0.15) is 0 Å². The molecule has 10 heteroatoms. The average Bonchev–Trinajstić information content (AvgIpc) is 3.31. The second-order valence-corrected chi connectivity index (χ2v) is 10.4. The smallest absolute Gasteiger partial charge is 0.261 e. The van der Waals surface area contributed by atoms with E-state index in [-0.39, 0.29) is 33.6 Å². The Balaban J connectivity index is 1.49. The molecule has 172 valence electrons. The van der Waals surface area contributed by atoms with Crippen molar-refractivity contribution >= 4 is 44.8 Å². The summed E-state index contributed by atoms with van der Waals surface area (Å²) in [6.45, 7) is 4.08. The molecule has 2 saturated heterocycles. The Morgan fingerprint density at radius 2 is 1.72 bits per heavy atom. The summed E-state index contributed by atoms with van der Waals surface area (Å²) < 4.78 is 39.5. The van der Waals surface area contributed by atoms with Gasteiger partial charge in [-0.15, -0.1) is 0 Å². The number of piperidine rings is 1. The van der Waals surface area contributed by atoms with Gasteiger partial charge in [-0.1, -0.05) is 29.3 Å². The van der Waals surface area contributed by atoms with Gasteiger partial charge in [0, 0.05) is 24.0 Å². The molecule has 0 aromatic heterocycles. The van der Waals surface area contributed by atoms with Crippen molar-refractivity contribution in [3.63, 3.8) is 0 Å². The predicted molar refractivity (Wildman–Crippen MR) is 123 cm³/mol. The molecule has 0 radical (unpaired) electrons. The molecule has 0 spiro atoms. The maximum atomic E-state index is 13.1. The van der Waals surface area contributed by atoms with Crippen LogP contribution in [0.1, 0.15) is 28.8 Å². The number of carbonyl (C=O) groups is 1. The van der Waals surface area contributed by atoms with E-state index in [1.54, 1.807) is 23.1 Å². The number of sulfonamides is 1. The minimum atomic E-state index is -3.94. The topological polar surface area (TPSA) is 84.9 Å². The largest absolute Gasteiger partial charge is 0.350 e. The van der Waals surface area contributed by atoms with E-state index < -0.39 is 10.0 Å². The van der Waals surface area contributed by atoms with Crippen LogP contribution in [0.15, 0.2) is 41.3 Å². The number of carbonyl (C=O) groups excluding carboxylic acids is 1. The first-order valence-electron chi connectivity index (χ1n) is 10.4. The van der Waals surface area contributed by atoms with Gasteiger partial charge in [-0.25, -0.2) is 8.42 Å². The van der Waals surface area contributed by atoms with Crippen LogP contribution in [0, 0.1) is 12.8 Å². The third-order valence-electron chi connectivity index (χ3n) is 5.76. The van der Waals surface area contributed by atoms with Crippen LogP contribution in [0.3, 0.4) is 0 Å². The number of nitrogens with zero attached hydrogens (tertiary/aromatic N) is 1. The number of halogens is 2. The van der Waals surface area contributed by atoms with Crippen LogP contribution in [0.5, 0.6) is 0 Å². The highest BCUT2D eigenvalue weighted by Crippen LogP contribution is 2.29. The standard InChI is InChI=1S/C22H24Cl2N2O5S/c1-14-2-3-16(12-20(14)24)25-32(28,29)17-4-5-19(23)18(13-17)21(27)26-8-6-15(7-9-26)22-30-10-11-31-22/h2-5,12-13,15,22,25H,6-11H2,1H3. The Bertz CT molecular complexity index is 1110. The van der Waals surface area contributed by atoms with E-state index in [2.05, 4.69) is 4.72 Å².